The van der Waals surface area contributed by atoms with E-state index in [0.29, 0.717) is 11.6 Å². The van der Waals surface area contributed by atoms with E-state index in [0.717, 1.165) is 45.7 Å². The molecule has 0 saturated heterocycles. The van der Waals surface area contributed by atoms with Crippen molar-refractivity contribution < 1.29 is 17.9 Å². The summed E-state index contributed by atoms with van der Waals surface area (Å²) < 4.78 is 38.5. The molecule has 0 aliphatic rings. The Kier molecular flexibility index (Phi) is 8.59. The van der Waals surface area contributed by atoms with Gasteiger partial charge < -0.3 is 9.47 Å². The van der Waals surface area contributed by atoms with Crippen LogP contribution in [0.2, 0.25) is 0 Å². The molecule has 3 aromatic carbocycles. The standard InChI is InChI=1S/C35H45N3O4S/c1-12-27-28(24-14-13-23-18-26(38-43(11,39)40)16-15-22(23)17-24)19-25(20-30(27)33(2,3)4)29-21-36-32(42-35(8,9)10)37-31(29)41-34(5,6)7/h13-21,38H,12H2,1-11H3. The van der Waals surface area contributed by atoms with Crippen molar-refractivity contribution in [1.82, 2.24) is 9.97 Å². The van der Waals surface area contributed by atoms with Crippen LogP contribution < -0.4 is 14.2 Å². The van der Waals surface area contributed by atoms with Gasteiger partial charge in [-0.2, -0.15) is 4.98 Å². The van der Waals surface area contributed by atoms with Gasteiger partial charge in [-0.25, -0.2) is 13.4 Å². The quantitative estimate of drug-likeness (QED) is 0.228. The first kappa shape index (κ1) is 32.3. The molecule has 0 fully saturated rings. The highest BCUT2D eigenvalue weighted by molar-refractivity contribution is 7.92. The van der Waals surface area contributed by atoms with Gasteiger partial charge in [-0.15, -0.1) is 0 Å². The molecule has 1 heterocycles. The number of aromatic nitrogens is 2. The molecule has 1 N–H and O–H groups in total. The highest BCUT2D eigenvalue weighted by atomic mass is 32.2. The molecule has 4 aromatic rings. The molecular weight excluding hydrogens is 558 g/mol. The first-order valence-electron chi connectivity index (χ1n) is 14.7. The molecule has 0 amide bonds. The maximum atomic E-state index is 11.8. The number of hydrogen-bond donors (Lipinski definition) is 1. The lowest BCUT2D eigenvalue weighted by atomic mass is 9.78. The highest BCUT2D eigenvalue weighted by Gasteiger charge is 2.25. The van der Waals surface area contributed by atoms with Crippen molar-refractivity contribution in [2.45, 2.75) is 92.3 Å². The van der Waals surface area contributed by atoms with Gasteiger partial charge in [-0.3, -0.25) is 4.72 Å². The molecule has 8 heteroatoms. The summed E-state index contributed by atoms with van der Waals surface area (Å²) in [6, 6.07) is 16.6. The number of rotatable bonds is 7. The third-order valence-corrected chi connectivity index (χ3v) is 7.32. The van der Waals surface area contributed by atoms with Gasteiger partial charge in [-0.1, -0.05) is 52.0 Å². The maximum Gasteiger partial charge on any atom is 0.320 e. The van der Waals surface area contributed by atoms with Crippen LogP contribution in [0.1, 0.15) is 80.4 Å². The van der Waals surface area contributed by atoms with E-state index in [1.807, 2.05) is 59.7 Å². The molecule has 0 saturated carbocycles. The van der Waals surface area contributed by atoms with Crippen LogP contribution in [-0.4, -0.2) is 35.8 Å². The number of anilines is 1. The molecule has 230 valence electrons. The Morgan fingerprint density at radius 2 is 1.40 bits per heavy atom. The number of benzene rings is 3. The highest BCUT2D eigenvalue weighted by Crippen LogP contribution is 2.41. The van der Waals surface area contributed by atoms with Gasteiger partial charge in [0.2, 0.25) is 15.9 Å². The summed E-state index contributed by atoms with van der Waals surface area (Å²) in [5, 5.41) is 1.97. The van der Waals surface area contributed by atoms with Crippen molar-refractivity contribution in [1.29, 1.82) is 0 Å². The minimum atomic E-state index is -3.36. The Morgan fingerprint density at radius 3 is 1.98 bits per heavy atom. The lowest BCUT2D eigenvalue weighted by Gasteiger charge is -2.28. The van der Waals surface area contributed by atoms with Crippen molar-refractivity contribution in [2.75, 3.05) is 11.0 Å². The van der Waals surface area contributed by atoms with Gasteiger partial charge in [-0.05, 0) is 116 Å². The zero-order chi connectivity index (χ0) is 32.0. The number of hydrogen-bond acceptors (Lipinski definition) is 6. The minimum Gasteiger partial charge on any atom is -0.471 e. The molecule has 4 rings (SSSR count). The molecule has 0 unspecified atom stereocenters. The number of sulfonamides is 1. The van der Waals surface area contributed by atoms with E-state index < -0.39 is 21.2 Å². The van der Waals surface area contributed by atoms with Gasteiger partial charge in [0.05, 0.1) is 11.8 Å². The fourth-order valence-corrected chi connectivity index (χ4v) is 5.62. The molecule has 1 aromatic heterocycles. The van der Waals surface area contributed by atoms with Crippen LogP contribution in [0.15, 0.2) is 54.7 Å². The monoisotopic (exact) mass is 603 g/mol. The fourth-order valence-electron chi connectivity index (χ4n) is 5.07. The molecule has 43 heavy (non-hydrogen) atoms. The molecule has 0 spiro atoms. The molecule has 0 aliphatic carbocycles. The van der Waals surface area contributed by atoms with Crippen LogP contribution in [0.5, 0.6) is 11.9 Å². The molecular formula is C35H45N3O4S. The molecule has 0 bridgehead atoms. The van der Waals surface area contributed by atoms with E-state index in [9.17, 15) is 8.42 Å². The zero-order valence-corrected chi connectivity index (χ0v) is 28.2. The second-order valence-corrected chi connectivity index (χ2v) is 15.9. The Labute approximate surface area is 257 Å². The van der Waals surface area contributed by atoms with Crippen LogP contribution in [0.3, 0.4) is 0 Å². The van der Waals surface area contributed by atoms with Crippen LogP contribution in [0, 0.1) is 0 Å². The van der Waals surface area contributed by atoms with Gasteiger partial charge >= 0.3 is 6.01 Å². The van der Waals surface area contributed by atoms with Gasteiger partial charge in [0, 0.05) is 11.9 Å². The fraction of sp³-hybridized carbons (Fsp3) is 0.429. The van der Waals surface area contributed by atoms with E-state index in [1.54, 1.807) is 12.3 Å². The number of ether oxygens (including phenoxy) is 2. The average Bonchev–Trinajstić information content (AvgIpc) is 2.84. The summed E-state index contributed by atoms with van der Waals surface area (Å²) >= 11 is 0. The van der Waals surface area contributed by atoms with E-state index >= 15 is 0 Å². The van der Waals surface area contributed by atoms with Gasteiger partial charge in [0.1, 0.15) is 11.2 Å². The summed E-state index contributed by atoms with van der Waals surface area (Å²) in [4.78, 5) is 9.31. The Morgan fingerprint density at radius 1 is 0.767 bits per heavy atom. The van der Waals surface area contributed by atoms with Crippen molar-refractivity contribution in [3.05, 3.63) is 65.9 Å². The molecule has 0 atom stereocenters. The van der Waals surface area contributed by atoms with Crippen molar-refractivity contribution in [2.24, 2.45) is 0 Å². The topological polar surface area (TPSA) is 90.4 Å². The summed E-state index contributed by atoms with van der Waals surface area (Å²) in [6.45, 7) is 20.8. The second kappa shape index (κ2) is 11.5. The number of nitrogens with zero attached hydrogens (tertiary/aromatic N) is 2. The minimum absolute atomic E-state index is 0.125. The Balaban J connectivity index is 1.94. The predicted octanol–water partition coefficient (Wildman–Crippen LogP) is 8.55. The summed E-state index contributed by atoms with van der Waals surface area (Å²) in [7, 11) is -3.36. The van der Waals surface area contributed by atoms with Gasteiger partial charge in [0.15, 0.2) is 0 Å². The van der Waals surface area contributed by atoms with Crippen LogP contribution in [0.4, 0.5) is 5.69 Å². The van der Waals surface area contributed by atoms with Crippen molar-refractivity contribution in [3.63, 3.8) is 0 Å². The van der Waals surface area contributed by atoms with Gasteiger partial charge in [0.25, 0.3) is 0 Å². The first-order chi connectivity index (χ1) is 19.7. The summed E-state index contributed by atoms with van der Waals surface area (Å²) in [5.41, 5.74) is 5.96. The van der Waals surface area contributed by atoms with Crippen LogP contribution in [0.25, 0.3) is 33.0 Å². The van der Waals surface area contributed by atoms with Crippen LogP contribution >= 0.6 is 0 Å². The molecule has 7 nitrogen and oxygen atoms in total. The molecule has 0 radical (unpaired) electrons. The summed E-state index contributed by atoms with van der Waals surface area (Å²) in [5.74, 6) is 0.473. The zero-order valence-electron chi connectivity index (χ0n) is 27.3. The second-order valence-electron chi connectivity index (χ2n) is 14.1. The van der Waals surface area contributed by atoms with E-state index in [-0.39, 0.29) is 11.4 Å². The Hall–Kier alpha value is -3.65. The van der Waals surface area contributed by atoms with E-state index in [1.165, 1.54) is 11.1 Å². The van der Waals surface area contributed by atoms with E-state index in [4.69, 9.17) is 14.5 Å². The lowest BCUT2D eigenvalue weighted by Crippen LogP contribution is -2.26. The van der Waals surface area contributed by atoms with Crippen LogP contribution in [-0.2, 0) is 21.9 Å². The molecule has 0 aliphatic heterocycles. The largest absolute Gasteiger partial charge is 0.471 e. The number of nitrogens with one attached hydrogen (secondary N) is 1. The average molecular weight is 604 g/mol. The third-order valence-electron chi connectivity index (χ3n) is 6.71. The van der Waals surface area contributed by atoms with E-state index in [2.05, 4.69) is 61.7 Å². The Bertz CT molecular complexity index is 1760. The summed E-state index contributed by atoms with van der Waals surface area (Å²) in [6.07, 6.45) is 3.81. The number of fused-ring (bicyclic) bond motifs is 1. The lowest BCUT2D eigenvalue weighted by molar-refractivity contribution is 0.103. The maximum absolute atomic E-state index is 11.8. The first-order valence-corrected chi connectivity index (χ1v) is 16.6. The third kappa shape index (κ3) is 8.25. The van der Waals surface area contributed by atoms with Crippen molar-refractivity contribution in [3.8, 4) is 34.1 Å². The predicted molar refractivity (Wildman–Crippen MR) is 178 cm³/mol. The van der Waals surface area contributed by atoms with Crippen molar-refractivity contribution >= 4 is 26.5 Å². The smallest absolute Gasteiger partial charge is 0.320 e. The normalized spacial score (nSPS) is 12.8. The SMILES string of the molecule is CCc1c(-c2ccc3cc(NS(C)(=O)=O)ccc3c2)cc(-c2cnc(OC(C)(C)C)nc2OC(C)(C)C)cc1C(C)(C)C.